The Morgan fingerprint density at radius 2 is 2.33 bits per heavy atom. The van der Waals surface area contributed by atoms with Gasteiger partial charge in [0.2, 0.25) is 0 Å². The van der Waals surface area contributed by atoms with Gasteiger partial charge in [0.05, 0.1) is 12.8 Å². The van der Waals surface area contributed by atoms with Crippen LogP contribution in [-0.2, 0) is 9.53 Å². The summed E-state index contributed by atoms with van der Waals surface area (Å²) in [5.74, 6) is 0.122. The van der Waals surface area contributed by atoms with E-state index in [0.717, 1.165) is 0 Å². The number of aliphatic hydroxyl groups excluding tert-OH is 1. The van der Waals surface area contributed by atoms with Crippen LogP contribution >= 0.6 is 0 Å². The third-order valence-electron chi connectivity index (χ3n) is 1.99. The van der Waals surface area contributed by atoms with Gasteiger partial charge in [0.25, 0.3) is 0 Å². The van der Waals surface area contributed by atoms with Gasteiger partial charge >= 0.3 is 0 Å². The van der Waals surface area contributed by atoms with Crippen molar-refractivity contribution in [3.63, 3.8) is 0 Å². The number of methoxy groups -OCH3 is 1. The molecule has 0 amide bonds. The topological polar surface area (TPSA) is 72.6 Å². The van der Waals surface area contributed by atoms with Gasteiger partial charge < -0.3 is 15.6 Å². The molecule has 0 aromatic carbocycles. The van der Waals surface area contributed by atoms with Crippen molar-refractivity contribution in [1.29, 1.82) is 0 Å². The van der Waals surface area contributed by atoms with Gasteiger partial charge in [-0.05, 0) is 12.3 Å². The van der Waals surface area contributed by atoms with Crippen LogP contribution in [0.25, 0.3) is 0 Å². The number of rotatable bonds is 2. The molecule has 1 rings (SSSR count). The highest BCUT2D eigenvalue weighted by atomic mass is 16.5. The van der Waals surface area contributed by atoms with Gasteiger partial charge in [0, 0.05) is 13.0 Å². The Kier molecular flexibility index (Phi) is 2.70. The number of ketones is 1. The molecule has 12 heavy (non-hydrogen) atoms. The molecule has 0 aromatic rings. The Labute approximate surface area is 71.0 Å². The second-order valence-corrected chi connectivity index (χ2v) is 2.94. The average molecular weight is 171 g/mol. The SMILES string of the molecule is COC1=C(N)CC(CO)CC1=O. The van der Waals surface area contributed by atoms with E-state index < -0.39 is 0 Å². The molecule has 4 heteroatoms. The Morgan fingerprint density at radius 1 is 1.67 bits per heavy atom. The first-order valence-corrected chi connectivity index (χ1v) is 3.85. The summed E-state index contributed by atoms with van der Waals surface area (Å²) in [6, 6.07) is 0. The predicted molar refractivity (Wildman–Crippen MR) is 43.0 cm³/mol. The summed E-state index contributed by atoms with van der Waals surface area (Å²) in [7, 11) is 1.43. The number of hydrogen-bond donors (Lipinski definition) is 2. The molecular formula is C8H13NO3. The number of Topliss-reactive ketones (excluding diaryl/α,β-unsaturated/α-hetero) is 1. The summed E-state index contributed by atoms with van der Waals surface area (Å²) in [4.78, 5) is 11.2. The van der Waals surface area contributed by atoms with Crippen molar-refractivity contribution in [2.24, 2.45) is 11.7 Å². The standard InChI is InChI=1S/C8H13NO3/c1-12-8-6(9)2-5(4-10)3-7(8)11/h5,10H,2-4,9H2,1H3. The fourth-order valence-corrected chi connectivity index (χ4v) is 1.38. The maximum atomic E-state index is 11.2. The van der Waals surface area contributed by atoms with Crippen molar-refractivity contribution >= 4 is 5.78 Å². The lowest BCUT2D eigenvalue weighted by molar-refractivity contribution is -0.120. The van der Waals surface area contributed by atoms with Crippen molar-refractivity contribution in [2.45, 2.75) is 12.8 Å². The highest BCUT2D eigenvalue weighted by Gasteiger charge is 2.26. The molecule has 4 nitrogen and oxygen atoms in total. The van der Waals surface area contributed by atoms with E-state index in [2.05, 4.69) is 0 Å². The zero-order valence-electron chi connectivity index (χ0n) is 7.04. The van der Waals surface area contributed by atoms with Gasteiger partial charge in [-0.3, -0.25) is 4.79 Å². The predicted octanol–water partition coefficient (Wildman–Crippen LogP) is -0.225. The molecule has 0 saturated carbocycles. The molecule has 0 heterocycles. The van der Waals surface area contributed by atoms with Crippen LogP contribution in [0.2, 0.25) is 0 Å². The second-order valence-electron chi connectivity index (χ2n) is 2.94. The molecule has 0 aliphatic heterocycles. The Balaban J connectivity index is 2.79. The minimum Gasteiger partial charge on any atom is -0.491 e. The van der Waals surface area contributed by atoms with Crippen molar-refractivity contribution in [2.75, 3.05) is 13.7 Å². The van der Waals surface area contributed by atoms with Gasteiger partial charge in [-0.2, -0.15) is 0 Å². The molecule has 1 unspecified atom stereocenters. The molecule has 0 aromatic heterocycles. The Bertz CT molecular complexity index is 222. The van der Waals surface area contributed by atoms with Crippen molar-refractivity contribution in [3.05, 3.63) is 11.5 Å². The summed E-state index contributed by atoms with van der Waals surface area (Å²) in [6.45, 7) is 0.00341. The van der Waals surface area contributed by atoms with E-state index in [1.54, 1.807) is 0 Å². The van der Waals surface area contributed by atoms with E-state index in [1.165, 1.54) is 7.11 Å². The first kappa shape index (κ1) is 9.06. The summed E-state index contributed by atoms with van der Waals surface area (Å²) in [5.41, 5.74) is 6.02. The monoisotopic (exact) mass is 171 g/mol. The summed E-state index contributed by atoms with van der Waals surface area (Å²) >= 11 is 0. The first-order chi connectivity index (χ1) is 5.69. The van der Waals surface area contributed by atoms with Crippen molar-refractivity contribution in [3.8, 4) is 0 Å². The molecule has 3 N–H and O–H groups in total. The molecule has 68 valence electrons. The second kappa shape index (κ2) is 3.58. The van der Waals surface area contributed by atoms with Gasteiger partial charge in [0.1, 0.15) is 0 Å². The number of ether oxygens (including phenoxy) is 1. The molecule has 1 aliphatic rings. The molecule has 0 spiro atoms. The number of nitrogens with two attached hydrogens (primary N) is 1. The van der Waals surface area contributed by atoms with Crippen LogP contribution in [0.5, 0.6) is 0 Å². The van der Waals surface area contributed by atoms with Gasteiger partial charge in [-0.1, -0.05) is 0 Å². The van der Waals surface area contributed by atoms with E-state index in [-0.39, 0.29) is 24.1 Å². The summed E-state index contributed by atoms with van der Waals surface area (Å²) in [6.07, 6.45) is 0.881. The molecular weight excluding hydrogens is 158 g/mol. The maximum absolute atomic E-state index is 11.2. The molecule has 0 fully saturated rings. The van der Waals surface area contributed by atoms with E-state index in [1.807, 2.05) is 0 Å². The van der Waals surface area contributed by atoms with Gasteiger partial charge in [-0.25, -0.2) is 0 Å². The number of allylic oxidation sites excluding steroid dienone is 2. The van der Waals surface area contributed by atoms with Crippen LogP contribution < -0.4 is 5.73 Å². The maximum Gasteiger partial charge on any atom is 0.199 e. The number of carbonyl (C=O) groups excluding carboxylic acids is 1. The van der Waals surface area contributed by atoms with Crippen LogP contribution in [0.3, 0.4) is 0 Å². The van der Waals surface area contributed by atoms with E-state index >= 15 is 0 Å². The lowest BCUT2D eigenvalue weighted by Gasteiger charge is -2.21. The number of aliphatic hydroxyl groups is 1. The molecule has 1 aliphatic carbocycles. The summed E-state index contributed by atoms with van der Waals surface area (Å²) in [5, 5.41) is 8.81. The smallest absolute Gasteiger partial charge is 0.199 e. The zero-order valence-corrected chi connectivity index (χ0v) is 7.04. The lowest BCUT2D eigenvalue weighted by Crippen LogP contribution is -2.25. The van der Waals surface area contributed by atoms with Crippen LogP contribution in [0.4, 0.5) is 0 Å². The van der Waals surface area contributed by atoms with Crippen molar-refractivity contribution < 1.29 is 14.6 Å². The normalized spacial score (nSPS) is 24.5. The third kappa shape index (κ3) is 1.58. The molecule has 0 bridgehead atoms. The van der Waals surface area contributed by atoms with Crippen LogP contribution in [-0.4, -0.2) is 24.6 Å². The Hall–Kier alpha value is -1.03. The first-order valence-electron chi connectivity index (χ1n) is 3.85. The van der Waals surface area contributed by atoms with Gasteiger partial charge in [-0.15, -0.1) is 0 Å². The summed E-state index contributed by atoms with van der Waals surface area (Å²) < 4.78 is 4.83. The van der Waals surface area contributed by atoms with E-state index in [4.69, 9.17) is 15.6 Å². The quantitative estimate of drug-likeness (QED) is 0.602. The average Bonchev–Trinajstić information content (AvgIpc) is 2.03. The molecule has 0 saturated heterocycles. The van der Waals surface area contributed by atoms with Crippen LogP contribution in [0.1, 0.15) is 12.8 Å². The fraction of sp³-hybridized carbons (Fsp3) is 0.625. The van der Waals surface area contributed by atoms with Crippen LogP contribution in [0.15, 0.2) is 11.5 Å². The van der Waals surface area contributed by atoms with Crippen LogP contribution in [0, 0.1) is 5.92 Å². The van der Waals surface area contributed by atoms with E-state index in [0.29, 0.717) is 18.5 Å². The minimum absolute atomic E-state index is 0.00341. The van der Waals surface area contributed by atoms with Gasteiger partial charge in [0.15, 0.2) is 11.5 Å². The Morgan fingerprint density at radius 3 is 2.75 bits per heavy atom. The molecule has 0 radical (unpaired) electrons. The highest BCUT2D eigenvalue weighted by molar-refractivity contribution is 5.95. The zero-order chi connectivity index (χ0) is 9.14. The highest BCUT2D eigenvalue weighted by Crippen LogP contribution is 2.23. The van der Waals surface area contributed by atoms with E-state index in [9.17, 15) is 4.79 Å². The molecule has 1 atom stereocenters. The lowest BCUT2D eigenvalue weighted by atomic mass is 9.91. The van der Waals surface area contributed by atoms with Crippen molar-refractivity contribution in [1.82, 2.24) is 0 Å². The number of carbonyl (C=O) groups is 1. The fourth-order valence-electron chi connectivity index (χ4n) is 1.38. The number of hydrogen-bond acceptors (Lipinski definition) is 4. The largest absolute Gasteiger partial charge is 0.491 e. The minimum atomic E-state index is -0.111. The third-order valence-corrected chi connectivity index (χ3v) is 1.99.